The van der Waals surface area contributed by atoms with E-state index < -0.39 is 11.6 Å². The van der Waals surface area contributed by atoms with Gasteiger partial charge in [0.2, 0.25) is 0 Å². The third kappa shape index (κ3) is 6.39. The van der Waals surface area contributed by atoms with Gasteiger partial charge in [0, 0.05) is 0 Å². The van der Waals surface area contributed by atoms with Crippen LogP contribution in [0.15, 0.2) is 55.6 Å². The van der Waals surface area contributed by atoms with Crippen molar-refractivity contribution in [1.29, 1.82) is 0 Å². The average molecular weight is 543 g/mol. The Labute approximate surface area is 209 Å². The zero-order chi connectivity index (χ0) is 26.2. The number of halogens is 4. The summed E-state index contributed by atoms with van der Waals surface area (Å²) >= 11 is 11.2. The molecule has 36 heavy (non-hydrogen) atoms. The van der Waals surface area contributed by atoms with Gasteiger partial charge in [0.25, 0.3) is 0 Å². The lowest BCUT2D eigenvalue weighted by atomic mass is 10.3. The van der Waals surface area contributed by atoms with Gasteiger partial charge in [0.05, 0.1) is 21.4 Å². The number of benzene rings is 2. The van der Waals surface area contributed by atoms with Crippen molar-refractivity contribution in [3.63, 3.8) is 0 Å². The zero-order valence-corrected chi connectivity index (χ0v) is 19.0. The Kier molecular flexibility index (Phi) is 8.63. The Bertz CT molecular complexity index is 1310. The number of aromatic nitrogens is 4. The van der Waals surface area contributed by atoms with Crippen molar-refractivity contribution in [2.75, 3.05) is 11.5 Å². The van der Waals surface area contributed by atoms with Crippen LogP contribution < -0.4 is 22.4 Å². The van der Waals surface area contributed by atoms with Crippen molar-refractivity contribution < 1.29 is 28.5 Å². The third-order valence-electron chi connectivity index (χ3n) is 3.98. The maximum absolute atomic E-state index is 13.0. The highest BCUT2D eigenvalue weighted by Crippen LogP contribution is 2.23. The van der Waals surface area contributed by atoms with Crippen LogP contribution in [0.2, 0.25) is 10.0 Å². The van der Waals surface area contributed by atoms with Gasteiger partial charge in [-0.05, 0) is 57.0 Å². The lowest BCUT2D eigenvalue weighted by Gasteiger charge is -2.01. The van der Waals surface area contributed by atoms with E-state index >= 15 is 0 Å². The largest absolute Gasteiger partial charge is 0.379 e. The normalized spacial score (nSPS) is 11.6. The molecule has 0 saturated heterocycles. The lowest BCUT2D eigenvalue weighted by Crippen LogP contribution is -2.21. The minimum atomic E-state index is -0.572. The van der Waals surface area contributed by atoms with E-state index in [-0.39, 0.29) is 44.7 Å². The molecule has 0 unspecified atom stereocenters. The van der Waals surface area contributed by atoms with Crippen molar-refractivity contribution in [3.8, 4) is 0 Å². The van der Waals surface area contributed by atoms with Crippen LogP contribution in [0, 0.1) is 11.6 Å². The fourth-order valence-electron chi connectivity index (χ4n) is 2.35. The number of nitrogens with zero attached hydrogens (tertiary/aromatic N) is 6. The molecule has 0 radical (unpaired) electrons. The SMILES string of the molecule is Nc1nonc1C(=Nc1ccc(F)c(Cl)c1)NO.Nc1nonc1C(=Nc1ccc(F)c(Cl)c1)NO. The minimum Gasteiger partial charge on any atom is -0.379 e. The summed E-state index contributed by atoms with van der Waals surface area (Å²) in [6.45, 7) is 0. The molecule has 0 saturated carbocycles. The first-order valence-electron chi connectivity index (χ1n) is 9.28. The maximum Gasteiger partial charge on any atom is 0.199 e. The van der Waals surface area contributed by atoms with E-state index in [4.69, 9.17) is 45.1 Å². The molecule has 4 aromatic rings. The molecule has 0 fully saturated rings. The third-order valence-corrected chi connectivity index (χ3v) is 4.56. The highest BCUT2D eigenvalue weighted by Gasteiger charge is 2.15. The first-order chi connectivity index (χ1) is 17.2. The van der Waals surface area contributed by atoms with E-state index in [1.54, 1.807) is 11.0 Å². The van der Waals surface area contributed by atoms with E-state index in [0.717, 1.165) is 12.1 Å². The molecule has 8 N–H and O–H groups in total. The molecule has 2 aromatic heterocycles. The molecule has 4 rings (SSSR count). The summed E-state index contributed by atoms with van der Waals surface area (Å²) in [6.07, 6.45) is 0. The second kappa shape index (κ2) is 11.8. The molecule has 2 heterocycles. The van der Waals surface area contributed by atoms with Gasteiger partial charge in [-0.15, -0.1) is 0 Å². The van der Waals surface area contributed by atoms with Crippen LogP contribution >= 0.6 is 23.2 Å². The first-order valence-corrected chi connectivity index (χ1v) is 10.0. The Morgan fingerprint density at radius 3 is 1.42 bits per heavy atom. The standard InChI is InChI=1S/2C9H7ClFN5O2/c2*10-5-3-4(1-2-6(5)11)13-9(14-17)7-8(12)16-18-15-7/h2*1-3,17H,(H2,12,16)(H,13,14). The van der Waals surface area contributed by atoms with Crippen LogP contribution in [0.5, 0.6) is 0 Å². The summed E-state index contributed by atoms with van der Waals surface area (Å²) in [5.41, 5.74) is 15.1. The number of rotatable bonds is 4. The Morgan fingerprint density at radius 1 is 0.750 bits per heavy atom. The molecule has 0 amide bonds. The van der Waals surface area contributed by atoms with Crippen molar-refractivity contribution >= 4 is 57.9 Å². The van der Waals surface area contributed by atoms with Gasteiger partial charge in [-0.25, -0.2) is 28.0 Å². The highest BCUT2D eigenvalue weighted by atomic mass is 35.5. The van der Waals surface area contributed by atoms with E-state index in [0.29, 0.717) is 11.4 Å². The fraction of sp³-hybridized carbons (Fsp3) is 0. The van der Waals surface area contributed by atoms with Gasteiger partial charge in [0.15, 0.2) is 34.7 Å². The predicted octanol–water partition coefficient (Wildman–Crippen LogP) is 3.00. The average Bonchev–Trinajstić information content (AvgIpc) is 3.48. The van der Waals surface area contributed by atoms with Crippen LogP contribution in [0.3, 0.4) is 0 Å². The topological polar surface area (TPSA) is 219 Å². The van der Waals surface area contributed by atoms with Crippen LogP contribution in [0.25, 0.3) is 0 Å². The Morgan fingerprint density at radius 2 is 1.14 bits per heavy atom. The quantitative estimate of drug-likeness (QED) is 0.124. The van der Waals surface area contributed by atoms with E-state index in [1.807, 2.05) is 0 Å². The number of hydroxylamine groups is 2. The number of amidine groups is 2. The number of nitrogens with two attached hydrogens (primary N) is 2. The molecule has 0 atom stereocenters. The molecular formula is C18H14Cl2F2N10O4. The molecule has 0 aliphatic rings. The van der Waals surface area contributed by atoms with Gasteiger partial charge in [0.1, 0.15) is 11.6 Å². The molecular weight excluding hydrogens is 529 g/mol. The summed E-state index contributed by atoms with van der Waals surface area (Å²) < 4.78 is 34.6. The van der Waals surface area contributed by atoms with Crippen LogP contribution in [0.4, 0.5) is 31.8 Å². The number of anilines is 2. The van der Waals surface area contributed by atoms with E-state index in [1.165, 1.54) is 24.3 Å². The number of hydrogen-bond donors (Lipinski definition) is 6. The first kappa shape index (κ1) is 26.2. The van der Waals surface area contributed by atoms with Gasteiger partial charge in [-0.2, -0.15) is 0 Å². The summed E-state index contributed by atoms with van der Waals surface area (Å²) in [5, 5.41) is 31.3. The molecule has 18 heteroatoms. The van der Waals surface area contributed by atoms with Crippen molar-refractivity contribution in [2.24, 2.45) is 9.98 Å². The number of aliphatic imine (C=N–C) groups is 2. The predicted molar refractivity (Wildman–Crippen MR) is 122 cm³/mol. The van der Waals surface area contributed by atoms with Crippen LogP contribution in [0.1, 0.15) is 11.4 Å². The fourth-order valence-corrected chi connectivity index (χ4v) is 2.70. The van der Waals surface area contributed by atoms with Crippen molar-refractivity contribution in [2.45, 2.75) is 0 Å². The van der Waals surface area contributed by atoms with Crippen LogP contribution in [-0.2, 0) is 0 Å². The van der Waals surface area contributed by atoms with Gasteiger partial charge in [-0.1, -0.05) is 23.2 Å². The smallest absolute Gasteiger partial charge is 0.199 e. The van der Waals surface area contributed by atoms with Crippen molar-refractivity contribution in [1.82, 2.24) is 31.6 Å². The molecule has 0 bridgehead atoms. The molecule has 0 aliphatic heterocycles. The summed E-state index contributed by atoms with van der Waals surface area (Å²) in [7, 11) is 0. The molecule has 188 valence electrons. The monoisotopic (exact) mass is 542 g/mol. The summed E-state index contributed by atoms with van der Waals surface area (Å²) in [6, 6.07) is 7.56. The highest BCUT2D eigenvalue weighted by molar-refractivity contribution is 6.31. The summed E-state index contributed by atoms with van der Waals surface area (Å²) in [5.74, 6) is -1.45. The van der Waals surface area contributed by atoms with Crippen LogP contribution in [-0.4, -0.2) is 42.7 Å². The molecule has 0 aliphatic carbocycles. The van der Waals surface area contributed by atoms with Gasteiger partial charge < -0.3 is 11.5 Å². The second-order valence-corrected chi connectivity index (χ2v) is 7.15. The maximum atomic E-state index is 13.0. The zero-order valence-electron chi connectivity index (χ0n) is 17.5. The number of nitrogen functional groups attached to an aromatic ring is 2. The van der Waals surface area contributed by atoms with Gasteiger partial charge >= 0.3 is 0 Å². The number of hydrogen-bond acceptors (Lipinski definition) is 12. The molecule has 14 nitrogen and oxygen atoms in total. The Hall–Kier alpha value is -4.38. The number of nitrogens with one attached hydrogen (secondary N) is 2. The van der Waals surface area contributed by atoms with Gasteiger partial charge in [-0.3, -0.25) is 21.4 Å². The van der Waals surface area contributed by atoms with E-state index in [2.05, 4.69) is 39.9 Å². The second-order valence-electron chi connectivity index (χ2n) is 6.34. The Balaban J connectivity index is 0.000000201. The molecule has 2 aromatic carbocycles. The minimum absolute atomic E-state index is 0.0259. The van der Waals surface area contributed by atoms with Crippen molar-refractivity contribution in [3.05, 3.63) is 69.5 Å². The van der Waals surface area contributed by atoms with E-state index in [9.17, 15) is 8.78 Å². The summed E-state index contributed by atoms with van der Waals surface area (Å²) in [4.78, 5) is 7.89. The molecule has 0 spiro atoms. The lowest BCUT2D eigenvalue weighted by molar-refractivity contribution is 0.233.